The van der Waals surface area contributed by atoms with Crippen molar-refractivity contribution >= 4 is 34.2 Å². The van der Waals surface area contributed by atoms with E-state index in [2.05, 4.69) is 20.4 Å². The molecule has 2 aliphatic rings. The third-order valence-electron chi connectivity index (χ3n) is 6.29. The number of carbonyl (C=O) groups excluding carboxylic acids is 1. The molecule has 35 heavy (non-hydrogen) atoms. The number of nitrogens with zero attached hydrogens (tertiary/aromatic N) is 3. The fraction of sp³-hybridized carbons (Fsp3) is 0.400. The van der Waals surface area contributed by atoms with E-state index in [0.717, 1.165) is 38.8 Å². The summed E-state index contributed by atoms with van der Waals surface area (Å²) in [5.74, 6) is -0.0502. The van der Waals surface area contributed by atoms with Gasteiger partial charge in [-0.15, -0.1) is 0 Å². The normalized spacial score (nSPS) is 18.5. The maximum Gasteiger partial charge on any atom is 0.277 e. The molecule has 1 saturated carbocycles. The number of ether oxygens (including phenoxy) is 1. The number of oxime groups is 1. The Morgan fingerprint density at radius 1 is 1.26 bits per heavy atom. The first-order valence-electron chi connectivity index (χ1n) is 11.8. The van der Waals surface area contributed by atoms with Crippen molar-refractivity contribution in [1.82, 2.24) is 15.2 Å². The van der Waals surface area contributed by atoms with Crippen LogP contribution in [0, 0.1) is 0 Å². The van der Waals surface area contributed by atoms with E-state index in [1.165, 1.54) is 0 Å². The van der Waals surface area contributed by atoms with E-state index in [-0.39, 0.29) is 17.6 Å². The number of fused-ring (bicyclic) bond motifs is 1. The van der Waals surface area contributed by atoms with E-state index >= 15 is 0 Å². The molecule has 0 unspecified atom stereocenters. The highest BCUT2D eigenvalue weighted by Crippen LogP contribution is 2.27. The van der Waals surface area contributed by atoms with Gasteiger partial charge < -0.3 is 29.7 Å². The van der Waals surface area contributed by atoms with Crippen molar-refractivity contribution in [3.05, 3.63) is 58.9 Å². The zero-order chi connectivity index (χ0) is 24.4. The molecule has 1 amide bonds. The zero-order valence-corrected chi connectivity index (χ0v) is 19.8. The number of benzene rings is 1. The van der Waals surface area contributed by atoms with Gasteiger partial charge in [0.2, 0.25) is 11.6 Å². The first-order valence-corrected chi connectivity index (χ1v) is 12.1. The van der Waals surface area contributed by atoms with Crippen LogP contribution < -0.4 is 10.1 Å². The summed E-state index contributed by atoms with van der Waals surface area (Å²) in [4.78, 5) is 19.7. The highest BCUT2D eigenvalue weighted by molar-refractivity contribution is 6.44. The molecule has 1 aliphatic heterocycles. The number of hydrogen-bond acceptors (Lipinski definition) is 8. The monoisotopic (exact) mass is 498 g/mol. The van der Waals surface area contributed by atoms with Crippen LogP contribution in [0.25, 0.3) is 11.0 Å². The van der Waals surface area contributed by atoms with E-state index in [0.29, 0.717) is 34.0 Å². The Balaban J connectivity index is 1.34. The van der Waals surface area contributed by atoms with Gasteiger partial charge >= 0.3 is 0 Å². The quantitative estimate of drug-likeness (QED) is 0.234. The van der Waals surface area contributed by atoms with Crippen molar-refractivity contribution in [2.45, 2.75) is 43.9 Å². The van der Waals surface area contributed by atoms with Gasteiger partial charge in [0.05, 0.1) is 6.04 Å². The lowest BCUT2D eigenvalue weighted by atomic mass is 10.0. The Kier molecular flexibility index (Phi) is 6.90. The van der Waals surface area contributed by atoms with E-state index < -0.39 is 18.1 Å². The number of hydrogen-bond donors (Lipinski definition) is 3. The second-order valence-corrected chi connectivity index (χ2v) is 9.46. The van der Waals surface area contributed by atoms with E-state index in [9.17, 15) is 15.1 Å². The van der Waals surface area contributed by atoms with E-state index in [4.69, 9.17) is 20.8 Å². The van der Waals surface area contributed by atoms with Crippen molar-refractivity contribution in [1.29, 1.82) is 0 Å². The lowest BCUT2D eigenvalue weighted by Crippen LogP contribution is -2.48. The molecule has 9 nitrogen and oxygen atoms in total. The highest BCUT2D eigenvalue weighted by atomic mass is 35.5. The molecular formula is C25H27ClN4O5. The summed E-state index contributed by atoms with van der Waals surface area (Å²) < 4.78 is 11.4. The molecule has 2 aromatic heterocycles. The van der Waals surface area contributed by atoms with Crippen molar-refractivity contribution in [3.8, 4) is 5.88 Å². The fourth-order valence-corrected chi connectivity index (χ4v) is 4.45. The van der Waals surface area contributed by atoms with Crippen LogP contribution in [0.1, 0.15) is 43.1 Å². The molecule has 3 heterocycles. The number of nitrogens with one attached hydrogen (secondary N) is 1. The Hall–Kier alpha value is -3.14. The first-order chi connectivity index (χ1) is 17.0. The van der Waals surface area contributed by atoms with Crippen LogP contribution in [0.3, 0.4) is 0 Å². The molecule has 0 bridgehead atoms. The summed E-state index contributed by atoms with van der Waals surface area (Å²) in [7, 11) is 0. The second-order valence-electron chi connectivity index (χ2n) is 9.02. The molecule has 3 N–H and O–H groups in total. The summed E-state index contributed by atoms with van der Waals surface area (Å²) in [5.41, 5.74) is 0.771. The molecule has 1 aromatic carbocycles. The number of aliphatic hydroxyl groups excluding tert-OH is 1. The summed E-state index contributed by atoms with van der Waals surface area (Å²) >= 11 is 6.04. The molecule has 5 rings (SSSR count). The minimum atomic E-state index is -1.03. The van der Waals surface area contributed by atoms with Crippen LogP contribution in [0.2, 0.25) is 5.02 Å². The number of likely N-dealkylation sites (tertiary alicyclic amines) is 1. The maximum absolute atomic E-state index is 13.2. The lowest BCUT2D eigenvalue weighted by molar-refractivity contribution is -0.116. The highest BCUT2D eigenvalue weighted by Gasteiger charge is 2.30. The molecular weight excluding hydrogens is 472 g/mol. The van der Waals surface area contributed by atoms with Crippen molar-refractivity contribution in [2.24, 2.45) is 5.16 Å². The molecule has 3 aromatic rings. The van der Waals surface area contributed by atoms with Crippen LogP contribution in [0.4, 0.5) is 0 Å². The number of amides is 1. The average molecular weight is 499 g/mol. The summed E-state index contributed by atoms with van der Waals surface area (Å²) in [5, 5.41) is 28.0. The minimum absolute atomic E-state index is 0.0972. The van der Waals surface area contributed by atoms with Gasteiger partial charge in [-0.2, -0.15) is 0 Å². The Bertz CT molecular complexity index is 1220. The molecule has 2 atom stereocenters. The minimum Gasteiger partial charge on any atom is -0.474 e. The first kappa shape index (κ1) is 23.6. The Morgan fingerprint density at radius 2 is 2.06 bits per heavy atom. The second kappa shape index (κ2) is 10.2. The maximum atomic E-state index is 13.2. The lowest BCUT2D eigenvalue weighted by Gasteiger charge is -2.28. The van der Waals surface area contributed by atoms with Crippen molar-refractivity contribution in [3.63, 3.8) is 0 Å². The van der Waals surface area contributed by atoms with Crippen molar-refractivity contribution in [2.75, 3.05) is 19.6 Å². The smallest absolute Gasteiger partial charge is 0.277 e. The third kappa shape index (κ3) is 5.58. The van der Waals surface area contributed by atoms with Gasteiger partial charge in [-0.1, -0.05) is 16.8 Å². The van der Waals surface area contributed by atoms with E-state index in [1.807, 2.05) is 0 Å². The Labute approximate surface area is 207 Å². The fourth-order valence-electron chi connectivity index (χ4n) is 4.27. The molecule has 1 aliphatic carbocycles. The predicted molar refractivity (Wildman–Crippen MR) is 130 cm³/mol. The van der Waals surface area contributed by atoms with Gasteiger partial charge in [0.15, 0.2) is 5.76 Å². The van der Waals surface area contributed by atoms with Gasteiger partial charge in [0.1, 0.15) is 17.8 Å². The molecule has 184 valence electrons. The largest absolute Gasteiger partial charge is 0.474 e. The standard InChI is InChI=1S/C25H27ClN4O5/c26-17-4-7-20-16(11-17)12-21(35-20)23(29-33)25(32)28-19(14-30-9-1-2-10-30)24(31)15-3-8-22(27-13-15)34-18-5-6-18/h3-4,7-8,11-13,18-19,24,31,33H,1-2,5-6,9-10,14H2,(H,28,32)/t19-,24-/m1/s1. The summed E-state index contributed by atoms with van der Waals surface area (Å²) in [6.45, 7) is 2.20. The Morgan fingerprint density at radius 3 is 2.74 bits per heavy atom. The van der Waals surface area contributed by atoms with Crippen LogP contribution >= 0.6 is 11.6 Å². The van der Waals surface area contributed by atoms with Gasteiger partial charge in [0, 0.05) is 34.8 Å². The van der Waals surface area contributed by atoms with Gasteiger partial charge in [-0.3, -0.25) is 4.79 Å². The van der Waals surface area contributed by atoms with Crippen molar-refractivity contribution < 1.29 is 24.3 Å². The predicted octanol–water partition coefficient (Wildman–Crippen LogP) is 3.51. The number of furan rings is 1. The van der Waals surface area contributed by atoms with Crippen LogP contribution in [-0.2, 0) is 4.79 Å². The number of carbonyl (C=O) groups is 1. The topological polar surface area (TPSA) is 120 Å². The summed E-state index contributed by atoms with van der Waals surface area (Å²) in [6.07, 6.45) is 4.95. The molecule has 0 radical (unpaired) electrons. The average Bonchev–Trinajstić information content (AvgIpc) is 3.34. The molecule has 0 spiro atoms. The summed E-state index contributed by atoms with van der Waals surface area (Å²) in [6, 6.07) is 9.44. The SMILES string of the molecule is O=C(N[C@H](CN1CCCC1)[C@H](O)c1ccc(OC2CC2)nc1)C(=NO)c1cc2cc(Cl)ccc2o1. The number of aromatic nitrogens is 1. The van der Waals surface area contributed by atoms with E-state index in [1.54, 1.807) is 42.6 Å². The number of aliphatic hydroxyl groups is 1. The number of rotatable bonds is 9. The van der Waals surface area contributed by atoms with Gasteiger partial charge in [-0.05, 0) is 69.1 Å². The van der Waals surface area contributed by atoms with Crippen LogP contribution in [0.15, 0.2) is 52.2 Å². The van der Waals surface area contributed by atoms with Crippen LogP contribution in [0.5, 0.6) is 5.88 Å². The molecule has 10 heteroatoms. The van der Waals surface area contributed by atoms with Gasteiger partial charge in [0.25, 0.3) is 5.91 Å². The zero-order valence-electron chi connectivity index (χ0n) is 19.1. The molecule has 1 saturated heterocycles. The van der Waals surface area contributed by atoms with Gasteiger partial charge in [-0.25, -0.2) is 4.98 Å². The number of halogens is 1. The third-order valence-corrected chi connectivity index (χ3v) is 6.53. The van der Waals surface area contributed by atoms with Crippen LogP contribution in [-0.4, -0.2) is 63.6 Å². The number of pyridine rings is 1. The molecule has 2 fully saturated rings.